The van der Waals surface area contributed by atoms with Crippen molar-refractivity contribution in [3.8, 4) is 0 Å². The summed E-state index contributed by atoms with van der Waals surface area (Å²) in [6.07, 6.45) is 1.68. The second-order valence-electron chi connectivity index (χ2n) is 7.93. The summed E-state index contributed by atoms with van der Waals surface area (Å²) in [7, 11) is 0. The van der Waals surface area contributed by atoms with Gasteiger partial charge in [0.2, 0.25) is 5.91 Å². The molecule has 0 bridgehead atoms. The summed E-state index contributed by atoms with van der Waals surface area (Å²) < 4.78 is 0. The van der Waals surface area contributed by atoms with Crippen LogP contribution < -0.4 is 10.6 Å². The van der Waals surface area contributed by atoms with Crippen molar-refractivity contribution >= 4 is 45.2 Å². The maximum atomic E-state index is 13.2. The predicted octanol–water partition coefficient (Wildman–Crippen LogP) is 3.79. The fourth-order valence-electron chi connectivity index (χ4n) is 4.08. The maximum Gasteiger partial charge on any atom is 0.325 e. The van der Waals surface area contributed by atoms with Gasteiger partial charge in [-0.15, -0.1) is 0 Å². The van der Waals surface area contributed by atoms with Crippen LogP contribution in [0.25, 0.3) is 21.7 Å². The van der Waals surface area contributed by atoms with Crippen LogP contribution in [0, 0.1) is 0 Å². The molecular weight excluding hydrogens is 404 g/mol. The molecule has 5 rings (SSSR count). The molecule has 158 valence electrons. The van der Waals surface area contributed by atoms with E-state index in [-0.39, 0.29) is 6.54 Å². The van der Waals surface area contributed by atoms with Gasteiger partial charge in [0.05, 0.1) is 11.2 Å². The molecule has 2 N–H and O–H groups in total. The smallest absolute Gasteiger partial charge is 0.324 e. The first-order valence-electron chi connectivity index (χ1n) is 10.2. The zero-order valence-corrected chi connectivity index (χ0v) is 17.3. The molecule has 0 radical (unpaired) electrons. The van der Waals surface area contributed by atoms with E-state index in [9.17, 15) is 14.4 Å². The number of pyridine rings is 1. The van der Waals surface area contributed by atoms with Crippen LogP contribution >= 0.6 is 0 Å². The van der Waals surface area contributed by atoms with Gasteiger partial charge in [-0.05, 0) is 53.6 Å². The highest BCUT2D eigenvalue weighted by molar-refractivity contribution is 6.11. The highest BCUT2D eigenvalue weighted by Gasteiger charge is 2.49. The number of rotatable bonds is 4. The van der Waals surface area contributed by atoms with Crippen molar-refractivity contribution in [3.63, 3.8) is 0 Å². The monoisotopic (exact) mass is 424 g/mol. The molecule has 1 aliphatic rings. The molecule has 0 spiro atoms. The Kier molecular flexibility index (Phi) is 4.59. The Hall–Kier alpha value is -4.26. The summed E-state index contributed by atoms with van der Waals surface area (Å²) in [5.74, 6) is -0.930. The summed E-state index contributed by atoms with van der Waals surface area (Å²) in [5.41, 5.74) is 0.733. The molecule has 7 heteroatoms. The van der Waals surface area contributed by atoms with E-state index in [4.69, 9.17) is 0 Å². The third-order valence-electron chi connectivity index (χ3n) is 5.82. The highest BCUT2D eigenvalue weighted by atomic mass is 16.2. The Morgan fingerprint density at radius 3 is 2.66 bits per heavy atom. The molecule has 4 amide bonds. The number of urea groups is 1. The second-order valence-corrected chi connectivity index (χ2v) is 7.93. The highest BCUT2D eigenvalue weighted by Crippen LogP contribution is 2.31. The Morgan fingerprint density at radius 1 is 1.00 bits per heavy atom. The minimum atomic E-state index is -1.25. The van der Waals surface area contributed by atoms with Crippen molar-refractivity contribution in [2.75, 3.05) is 11.9 Å². The molecule has 0 saturated carbocycles. The average Bonchev–Trinajstić information content (AvgIpc) is 3.03. The van der Waals surface area contributed by atoms with Crippen LogP contribution in [0.4, 0.5) is 10.5 Å². The van der Waals surface area contributed by atoms with Crippen molar-refractivity contribution in [2.45, 2.75) is 12.5 Å². The second kappa shape index (κ2) is 7.46. The number of hydrogen-bond donors (Lipinski definition) is 2. The van der Waals surface area contributed by atoms with Crippen molar-refractivity contribution in [2.24, 2.45) is 0 Å². The van der Waals surface area contributed by atoms with Gasteiger partial charge in [-0.2, -0.15) is 0 Å². The number of benzene rings is 3. The molecule has 32 heavy (non-hydrogen) atoms. The number of hydrogen-bond acceptors (Lipinski definition) is 4. The van der Waals surface area contributed by atoms with Crippen LogP contribution in [0.15, 0.2) is 79.0 Å². The molecule has 7 nitrogen and oxygen atoms in total. The Morgan fingerprint density at radius 2 is 1.81 bits per heavy atom. The molecule has 1 aliphatic heterocycles. The molecule has 0 unspecified atom stereocenters. The van der Waals surface area contributed by atoms with E-state index in [2.05, 4.69) is 15.6 Å². The van der Waals surface area contributed by atoms with Gasteiger partial charge >= 0.3 is 6.03 Å². The summed E-state index contributed by atoms with van der Waals surface area (Å²) in [5, 5.41) is 8.33. The van der Waals surface area contributed by atoms with E-state index < -0.39 is 23.4 Å². The van der Waals surface area contributed by atoms with Crippen LogP contribution in [-0.2, 0) is 15.1 Å². The lowest BCUT2D eigenvalue weighted by atomic mass is 9.90. The molecule has 3 aromatic carbocycles. The molecule has 1 atom stereocenters. The Balaban J connectivity index is 1.38. The van der Waals surface area contributed by atoms with E-state index in [0.717, 1.165) is 26.6 Å². The maximum absolute atomic E-state index is 13.2. The van der Waals surface area contributed by atoms with Crippen LogP contribution in [-0.4, -0.2) is 34.3 Å². The van der Waals surface area contributed by atoms with Crippen molar-refractivity contribution in [1.29, 1.82) is 0 Å². The SMILES string of the molecule is C[C@]1(c2ccc3ccccc3c2)NC(=O)N(CC(=O)Nc2cccc3ncccc23)C1=O. The van der Waals surface area contributed by atoms with Gasteiger partial charge in [0, 0.05) is 11.6 Å². The van der Waals surface area contributed by atoms with E-state index in [1.807, 2.05) is 54.6 Å². The minimum Gasteiger partial charge on any atom is -0.324 e. The van der Waals surface area contributed by atoms with E-state index in [1.54, 1.807) is 31.3 Å². The van der Waals surface area contributed by atoms with Gasteiger partial charge < -0.3 is 10.6 Å². The van der Waals surface area contributed by atoms with Gasteiger partial charge in [-0.3, -0.25) is 19.5 Å². The first kappa shape index (κ1) is 19.7. The van der Waals surface area contributed by atoms with Crippen LogP contribution in [0.3, 0.4) is 0 Å². The molecule has 2 heterocycles. The lowest BCUT2D eigenvalue weighted by Crippen LogP contribution is -2.42. The molecule has 1 aromatic heterocycles. The molecule has 0 aliphatic carbocycles. The third kappa shape index (κ3) is 3.24. The van der Waals surface area contributed by atoms with Gasteiger partial charge in [0.25, 0.3) is 5.91 Å². The fourth-order valence-corrected chi connectivity index (χ4v) is 4.08. The summed E-state index contributed by atoms with van der Waals surface area (Å²) in [4.78, 5) is 43.8. The number of nitrogens with one attached hydrogen (secondary N) is 2. The van der Waals surface area contributed by atoms with Crippen molar-refractivity contribution in [1.82, 2.24) is 15.2 Å². The third-order valence-corrected chi connectivity index (χ3v) is 5.82. The lowest BCUT2D eigenvalue weighted by molar-refractivity contribution is -0.133. The predicted molar refractivity (Wildman–Crippen MR) is 122 cm³/mol. The number of carbonyl (C=O) groups is 3. The average molecular weight is 424 g/mol. The molecule has 4 aromatic rings. The van der Waals surface area contributed by atoms with Gasteiger partial charge in [0.15, 0.2) is 0 Å². The number of nitrogens with zero attached hydrogens (tertiary/aromatic N) is 2. The summed E-state index contributed by atoms with van der Waals surface area (Å²) in [6, 6.07) is 21.9. The summed E-state index contributed by atoms with van der Waals surface area (Å²) >= 11 is 0. The summed E-state index contributed by atoms with van der Waals surface area (Å²) in [6.45, 7) is 1.27. The van der Waals surface area contributed by atoms with Crippen molar-refractivity contribution in [3.05, 3.63) is 84.6 Å². The molecular formula is C25H20N4O3. The lowest BCUT2D eigenvalue weighted by Gasteiger charge is -2.22. The van der Waals surface area contributed by atoms with Crippen LogP contribution in [0.1, 0.15) is 12.5 Å². The van der Waals surface area contributed by atoms with Crippen molar-refractivity contribution < 1.29 is 14.4 Å². The Bertz CT molecular complexity index is 1400. The van der Waals surface area contributed by atoms with E-state index >= 15 is 0 Å². The molecule has 1 saturated heterocycles. The van der Waals surface area contributed by atoms with Gasteiger partial charge in [-0.1, -0.05) is 42.5 Å². The number of imide groups is 1. The minimum absolute atomic E-state index is 0.384. The van der Waals surface area contributed by atoms with Gasteiger partial charge in [-0.25, -0.2) is 4.79 Å². The quantitative estimate of drug-likeness (QED) is 0.488. The zero-order valence-electron chi connectivity index (χ0n) is 17.3. The van der Waals surface area contributed by atoms with Gasteiger partial charge in [0.1, 0.15) is 12.1 Å². The van der Waals surface area contributed by atoms with Crippen LogP contribution in [0.5, 0.6) is 0 Å². The first-order chi connectivity index (χ1) is 15.5. The normalized spacial score (nSPS) is 18.2. The molecule has 1 fully saturated rings. The number of aromatic nitrogens is 1. The van der Waals surface area contributed by atoms with Crippen LogP contribution in [0.2, 0.25) is 0 Å². The number of fused-ring (bicyclic) bond motifs is 2. The number of amides is 4. The largest absolute Gasteiger partial charge is 0.325 e. The zero-order chi connectivity index (χ0) is 22.3. The topological polar surface area (TPSA) is 91.4 Å². The van der Waals surface area contributed by atoms with E-state index in [1.165, 1.54) is 0 Å². The Labute approximate surface area is 184 Å². The number of anilines is 1. The first-order valence-corrected chi connectivity index (χ1v) is 10.2. The van der Waals surface area contributed by atoms with E-state index in [0.29, 0.717) is 11.3 Å². The number of carbonyl (C=O) groups excluding carboxylic acids is 3. The fraction of sp³-hybridized carbons (Fsp3) is 0.120. The standard InChI is InChI=1S/C25H20N4O3/c1-25(18-12-11-16-6-2-3-7-17(16)14-18)23(31)29(24(32)28-25)15-22(30)27-21-10-4-9-20-19(21)8-5-13-26-20/h2-14H,15H2,1H3,(H,27,30)(H,28,32)/t25-/m1/s1.